The van der Waals surface area contributed by atoms with Gasteiger partial charge in [-0.3, -0.25) is 0 Å². The van der Waals surface area contributed by atoms with Crippen LogP contribution in [0.3, 0.4) is 0 Å². The molecule has 1 aliphatic rings. The van der Waals surface area contributed by atoms with Crippen molar-refractivity contribution in [2.24, 2.45) is 5.73 Å². The molecule has 0 radical (unpaired) electrons. The molecule has 0 aliphatic heterocycles. The van der Waals surface area contributed by atoms with Gasteiger partial charge >= 0.3 is 0 Å². The zero-order chi connectivity index (χ0) is 12.5. The lowest BCUT2D eigenvalue weighted by atomic mass is 9.78. The highest BCUT2D eigenvalue weighted by Gasteiger charge is 2.39. The number of halogens is 2. The van der Waals surface area contributed by atoms with E-state index in [-0.39, 0.29) is 0 Å². The van der Waals surface area contributed by atoms with Crippen LogP contribution in [0.5, 0.6) is 5.75 Å². The summed E-state index contributed by atoms with van der Waals surface area (Å²) < 4.78 is 32.6. The summed E-state index contributed by atoms with van der Waals surface area (Å²) >= 11 is 0. The van der Waals surface area contributed by atoms with E-state index in [4.69, 9.17) is 10.5 Å². The molecule has 4 heteroatoms. The summed E-state index contributed by atoms with van der Waals surface area (Å²) in [5.74, 6) is -1.24. The molecule has 0 atom stereocenters. The molecule has 0 spiro atoms. The Labute approximate surface area is 99.8 Å². The Morgan fingerprint density at radius 3 is 2.47 bits per heavy atom. The average Bonchev–Trinajstić information content (AvgIpc) is 2.82. The molecular weight excluding hydrogens is 224 g/mol. The van der Waals surface area contributed by atoms with Gasteiger partial charge in [-0.1, -0.05) is 12.8 Å². The second-order valence-corrected chi connectivity index (χ2v) is 4.63. The van der Waals surface area contributed by atoms with E-state index in [1.807, 2.05) is 0 Å². The molecule has 0 unspecified atom stereocenters. The predicted molar refractivity (Wildman–Crippen MR) is 62.1 cm³/mol. The van der Waals surface area contributed by atoms with Crippen molar-refractivity contribution in [1.82, 2.24) is 0 Å². The van der Waals surface area contributed by atoms with Crippen molar-refractivity contribution in [2.45, 2.75) is 31.1 Å². The van der Waals surface area contributed by atoms with Crippen molar-refractivity contribution in [1.29, 1.82) is 0 Å². The van der Waals surface area contributed by atoms with Gasteiger partial charge in [0.25, 0.3) is 0 Å². The molecule has 2 N–H and O–H groups in total. The lowest BCUT2D eigenvalue weighted by Crippen LogP contribution is -2.33. The zero-order valence-corrected chi connectivity index (χ0v) is 9.93. The molecular formula is C13H17F2NO. The Kier molecular flexibility index (Phi) is 3.33. The van der Waals surface area contributed by atoms with E-state index in [0.29, 0.717) is 17.9 Å². The summed E-state index contributed by atoms with van der Waals surface area (Å²) in [7, 11) is 1.47. The number of ether oxygens (including phenoxy) is 1. The van der Waals surface area contributed by atoms with E-state index in [9.17, 15) is 8.78 Å². The van der Waals surface area contributed by atoms with Gasteiger partial charge in [0.15, 0.2) is 11.6 Å². The van der Waals surface area contributed by atoms with Gasteiger partial charge in [-0.2, -0.15) is 0 Å². The van der Waals surface area contributed by atoms with Gasteiger partial charge in [-0.05, 0) is 25.0 Å². The fourth-order valence-corrected chi connectivity index (χ4v) is 2.81. The third-order valence-corrected chi connectivity index (χ3v) is 3.76. The number of rotatable bonds is 3. The molecule has 1 aromatic rings. The van der Waals surface area contributed by atoms with Crippen molar-refractivity contribution in [2.75, 3.05) is 13.7 Å². The standard InChI is InChI=1S/C13H17F2NO/c1-17-10-5-4-9(14)12(15)11(10)13(8-16)6-2-3-7-13/h4-5H,2-3,6-8,16H2,1H3. The molecule has 1 fully saturated rings. The quantitative estimate of drug-likeness (QED) is 0.883. The number of hydrogen-bond acceptors (Lipinski definition) is 2. The van der Waals surface area contributed by atoms with Gasteiger partial charge in [0.1, 0.15) is 5.75 Å². The van der Waals surface area contributed by atoms with E-state index in [0.717, 1.165) is 31.7 Å². The van der Waals surface area contributed by atoms with Crippen LogP contribution in [0.1, 0.15) is 31.2 Å². The van der Waals surface area contributed by atoms with Gasteiger partial charge in [-0.25, -0.2) is 8.78 Å². The van der Waals surface area contributed by atoms with Crippen molar-refractivity contribution >= 4 is 0 Å². The summed E-state index contributed by atoms with van der Waals surface area (Å²) in [5, 5.41) is 0. The zero-order valence-electron chi connectivity index (χ0n) is 9.93. The second-order valence-electron chi connectivity index (χ2n) is 4.63. The molecule has 1 aromatic carbocycles. The molecule has 17 heavy (non-hydrogen) atoms. The minimum atomic E-state index is -0.833. The minimum Gasteiger partial charge on any atom is -0.496 e. The smallest absolute Gasteiger partial charge is 0.166 e. The van der Waals surface area contributed by atoms with Crippen LogP contribution >= 0.6 is 0 Å². The van der Waals surface area contributed by atoms with E-state index < -0.39 is 17.0 Å². The number of benzene rings is 1. The van der Waals surface area contributed by atoms with Crippen molar-refractivity contribution in [3.05, 3.63) is 29.3 Å². The molecule has 1 saturated carbocycles. The molecule has 2 nitrogen and oxygen atoms in total. The minimum absolute atomic E-state index is 0.319. The number of methoxy groups -OCH3 is 1. The summed E-state index contributed by atoms with van der Waals surface area (Å²) in [4.78, 5) is 0. The number of hydrogen-bond donors (Lipinski definition) is 1. The average molecular weight is 241 g/mol. The lowest BCUT2D eigenvalue weighted by Gasteiger charge is -2.29. The van der Waals surface area contributed by atoms with Crippen molar-refractivity contribution in [3.8, 4) is 5.75 Å². The summed E-state index contributed by atoms with van der Waals surface area (Å²) in [6.45, 7) is 0.323. The number of nitrogens with two attached hydrogens (primary N) is 1. The first-order valence-corrected chi connectivity index (χ1v) is 5.87. The largest absolute Gasteiger partial charge is 0.496 e. The molecule has 94 valence electrons. The Bertz CT molecular complexity index is 414. The highest BCUT2D eigenvalue weighted by molar-refractivity contribution is 5.42. The van der Waals surface area contributed by atoms with Gasteiger partial charge < -0.3 is 10.5 Å². The third kappa shape index (κ3) is 1.90. The first-order valence-electron chi connectivity index (χ1n) is 5.87. The van der Waals surface area contributed by atoms with Crippen LogP contribution < -0.4 is 10.5 Å². The first kappa shape index (κ1) is 12.3. The maximum Gasteiger partial charge on any atom is 0.166 e. The Balaban J connectivity index is 2.59. The van der Waals surface area contributed by atoms with E-state index in [1.54, 1.807) is 0 Å². The molecule has 0 amide bonds. The van der Waals surface area contributed by atoms with Crippen LogP contribution in [0.2, 0.25) is 0 Å². The fourth-order valence-electron chi connectivity index (χ4n) is 2.81. The van der Waals surface area contributed by atoms with Gasteiger partial charge in [0.05, 0.1) is 7.11 Å². The second kappa shape index (κ2) is 4.61. The lowest BCUT2D eigenvalue weighted by molar-refractivity contribution is 0.354. The van der Waals surface area contributed by atoms with Crippen LogP contribution in [-0.2, 0) is 5.41 Å². The Hall–Kier alpha value is -1.16. The van der Waals surface area contributed by atoms with Crippen molar-refractivity contribution in [3.63, 3.8) is 0 Å². The summed E-state index contributed by atoms with van der Waals surface area (Å²) in [6, 6.07) is 2.57. The maximum absolute atomic E-state index is 14.0. The van der Waals surface area contributed by atoms with Gasteiger partial charge in [-0.15, -0.1) is 0 Å². The van der Waals surface area contributed by atoms with Crippen LogP contribution in [-0.4, -0.2) is 13.7 Å². The fraction of sp³-hybridized carbons (Fsp3) is 0.538. The van der Waals surface area contributed by atoms with Crippen LogP contribution in [0.4, 0.5) is 8.78 Å². The highest BCUT2D eigenvalue weighted by Crippen LogP contribution is 2.45. The molecule has 0 aromatic heterocycles. The van der Waals surface area contributed by atoms with Crippen LogP contribution in [0.25, 0.3) is 0 Å². The molecule has 2 rings (SSSR count). The van der Waals surface area contributed by atoms with Crippen LogP contribution in [0, 0.1) is 11.6 Å². The Morgan fingerprint density at radius 1 is 1.29 bits per heavy atom. The van der Waals surface area contributed by atoms with E-state index >= 15 is 0 Å². The first-order chi connectivity index (χ1) is 8.14. The SMILES string of the molecule is COc1ccc(F)c(F)c1C1(CN)CCCC1. The summed E-state index contributed by atoms with van der Waals surface area (Å²) in [6.07, 6.45) is 3.58. The predicted octanol–water partition coefficient (Wildman–Crippen LogP) is 2.74. The normalized spacial score (nSPS) is 18.4. The monoisotopic (exact) mass is 241 g/mol. The molecule has 0 heterocycles. The molecule has 0 saturated heterocycles. The van der Waals surface area contributed by atoms with E-state index in [1.165, 1.54) is 13.2 Å². The van der Waals surface area contributed by atoms with Gasteiger partial charge in [0, 0.05) is 17.5 Å². The van der Waals surface area contributed by atoms with E-state index in [2.05, 4.69) is 0 Å². The molecule has 1 aliphatic carbocycles. The van der Waals surface area contributed by atoms with Crippen LogP contribution in [0.15, 0.2) is 12.1 Å². The Morgan fingerprint density at radius 2 is 1.94 bits per heavy atom. The summed E-state index contributed by atoms with van der Waals surface area (Å²) in [5.41, 5.74) is 5.66. The maximum atomic E-state index is 14.0. The van der Waals surface area contributed by atoms with Crippen molar-refractivity contribution < 1.29 is 13.5 Å². The molecule has 0 bridgehead atoms. The third-order valence-electron chi connectivity index (χ3n) is 3.76. The highest BCUT2D eigenvalue weighted by atomic mass is 19.2. The van der Waals surface area contributed by atoms with Gasteiger partial charge in [0.2, 0.25) is 0 Å². The topological polar surface area (TPSA) is 35.2 Å².